The van der Waals surface area contributed by atoms with Gasteiger partial charge in [-0.3, -0.25) is 0 Å². The Kier molecular flexibility index (Phi) is 3.78. The molecule has 0 radical (unpaired) electrons. The quantitative estimate of drug-likeness (QED) is 0.564. The molecular formula is C18H17N5O. The van der Waals surface area contributed by atoms with Gasteiger partial charge in [0.05, 0.1) is 5.52 Å². The van der Waals surface area contributed by atoms with Gasteiger partial charge in [-0.05, 0) is 37.1 Å². The minimum Gasteiger partial charge on any atom is -0.339 e. The van der Waals surface area contributed by atoms with Crippen LogP contribution in [0.4, 0.5) is 0 Å². The molecule has 2 aromatic carbocycles. The molecule has 0 aliphatic carbocycles. The summed E-state index contributed by atoms with van der Waals surface area (Å²) in [6.45, 7) is 2.81. The van der Waals surface area contributed by atoms with Crippen molar-refractivity contribution in [2.45, 2.75) is 26.3 Å². The minimum absolute atomic E-state index is 0.601. The topological polar surface area (TPSA) is 69.6 Å². The van der Waals surface area contributed by atoms with Gasteiger partial charge in [0.1, 0.15) is 5.52 Å². The predicted molar refractivity (Wildman–Crippen MR) is 90.3 cm³/mol. The first kappa shape index (κ1) is 14.6. The molecule has 0 bridgehead atoms. The summed E-state index contributed by atoms with van der Waals surface area (Å²) in [6.07, 6.45) is 1.61. The zero-order valence-electron chi connectivity index (χ0n) is 13.4. The molecule has 2 heterocycles. The normalized spacial score (nSPS) is 11.2. The third-order valence-electron chi connectivity index (χ3n) is 4.01. The summed E-state index contributed by atoms with van der Waals surface area (Å²) in [5.74, 6) is 1.25. The summed E-state index contributed by atoms with van der Waals surface area (Å²) < 4.78 is 7.25. The van der Waals surface area contributed by atoms with Crippen LogP contribution >= 0.6 is 0 Å². The molecule has 0 spiro atoms. The maximum atomic E-state index is 5.39. The Morgan fingerprint density at radius 2 is 1.92 bits per heavy atom. The van der Waals surface area contributed by atoms with Crippen molar-refractivity contribution < 1.29 is 4.52 Å². The van der Waals surface area contributed by atoms with Gasteiger partial charge >= 0.3 is 0 Å². The van der Waals surface area contributed by atoms with Gasteiger partial charge in [0.25, 0.3) is 0 Å². The van der Waals surface area contributed by atoms with Crippen molar-refractivity contribution in [3.63, 3.8) is 0 Å². The standard InChI is InChI=1S/C18H17N5O/c1-2-23-16-12-14(9-10-15(16)20-22-23)18-19-17(24-21-18)11-8-13-6-4-3-5-7-13/h3-7,9-10,12H,2,8,11H2,1H3. The second-order valence-corrected chi connectivity index (χ2v) is 5.61. The third kappa shape index (κ3) is 2.78. The summed E-state index contributed by atoms with van der Waals surface area (Å²) in [5, 5.41) is 12.4. The Morgan fingerprint density at radius 1 is 1.04 bits per heavy atom. The first-order valence-corrected chi connectivity index (χ1v) is 8.03. The lowest BCUT2D eigenvalue weighted by Gasteiger charge is -1.98. The molecule has 0 unspecified atom stereocenters. The monoisotopic (exact) mass is 319 g/mol. The highest BCUT2D eigenvalue weighted by Gasteiger charge is 2.11. The number of rotatable bonds is 5. The van der Waals surface area contributed by atoms with Crippen LogP contribution in [0.25, 0.3) is 22.4 Å². The van der Waals surface area contributed by atoms with Crippen LogP contribution < -0.4 is 0 Å². The number of nitrogens with zero attached hydrogens (tertiary/aromatic N) is 5. The maximum absolute atomic E-state index is 5.39. The molecule has 0 saturated heterocycles. The van der Waals surface area contributed by atoms with Crippen molar-refractivity contribution in [1.82, 2.24) is 25.1 Å². The molecule has 0 amide bonds. The van der Waals surface area contributed by atoms with E-state index in [1.54, 1.807) is 0 Å². The number of aryl methyl sites for hydroxylation is 3. The van der Waals surface area contributed by atoms with E-state index in [4.69, 9.17) is 4.52 Å². The highest BCUT2D eigenvalue weighted by Crippen LogP contribution is 2.21. The zero-order chi connectivity index (χ0) is 16.4. The molecule has 0 atom stereocenters. The van der Waals surface area contributed by atoms with Gasteiger partial charge in [0.15, 0.2) is 0 Å². The second kappa shape index (κ2) is 6.23. The van der Waals surface area contributed by atoms with Gasteiger partial charge in [-0.25, -0.2) is 4.68 Å². The molecule has 6 nitrogen and oxygen atoms in total. The summed E-state index contributed by atoms with van der Waals surface area (Å²) in [4.78, 5) is 4.51. The maximum Gasteiger partial charge on any atom is 0.227 e. The van der Waals surface area contributed by atoms with Gasteiger partial charge in [0, 0.05) is 18.5 Å². The molecule has 0 saturated carbocycles. The highest BCUT2D eigenvalue weighted by atomic mass is 16.5. The Labute approximate surface area is 139 Å². The van der Waals surface area contributed by atoms with Crippen LogP contribution in [0.15, 0.2) is 53.1 Å². The van der Waals surface area contributed by atoms with Crippen molar-refractivity contribution in [2.24, 2.45) is 0 Å². The predicted octanol–water partition coefficient (Wildman–Crippen LogP) is 3.29. The Morgan fingerprint density at radius 3 is 2.75 bits per heavy atom. The fourth-order valence-electron chi connectivity index (χ4n) is 2.71. The number of aromatic nitrogens is 5. The SMILES string of the molecule is CCn1nnc2ccc(-c3noc(CCc4ccccc4)n3)cc21. The molecule has 0 fully saturated rings. The molecule has 24 heavy (non-hydrogen) atoms. The molecule has 2 aromatic heterocycles. The van der Waals surface area contributed by atoms with E-state index < -0.39 is 0 Å². The van der Waals surface area contributed by atoms with Gasteiger partial charge in [-0.2, -0.15) is 4.98 Å². The lowest BCUT2D eigenvalue weighted by Crippen LogP contribution is -1.96. The van der Waals surface area contributed by atoms with Gasteiger partial charge in [-0.1, -0.05) is 40.7 Å². The fraction of sp³-hybridized carbons (Fsp3) is 0.222. The molecule has 0 aliphatic rings. The highest BCUT2D eigenvalue weighted by molar-refractivity contribution is 5.79. The summed E-state index contributed by atoms with van der Waals surface area (Å²) in [7, 11) is 0. The first-order chi connectivity index (χ1) is 11.8. The first-order valence-electron chi connectivity index (χ1n) is 8.03. The van der Waals surface area contributed by atoms with E-state index in [0.29, 0.717) is 11.7 Å². The van der Waals surface area contributed by atoms with Gasteiger partial charge in [-0.15, -0.1) is 5.10 Å². The van der Waals surface area contributed by atoms with Crippen molar-refractivity contribution in [3.05, 3.63) is 60.0 Å². The van der Waals surface area contributed by atoms with Crippen molar-refractivity contribution in [1.29, 1.82) is 0 Å². The largest absolute Gasteiger partial charge is 0.339 e. The van der Waals surface area contributed by atoms with Crippen LogP contribution in [0.2, 0.25) is 0 Å². The smallest absolute Gasteiger partial charge is 0.227 e. The molecule has 0 N–H and O–H groups in total. The van der Waals surface area contributed by atoms with E-state index in [9.17, 15) is 0 Å². The second-order valence-electron chi connectivity index (χ2n) is 5.61. The van der Waals surface area contributed by atoms with E-state index in [0.717, 1.165) is 36.0 Å². The van der Waals surface area contributed by atoms with Crippen LogP contribution in [0.1, 0.15) is 18.4 Å². The molecule has 120 valence electrons. The van der Waals surface area contributed by atoms with Crippen molar-refractivity contribution >= 4 is 11.0 Å². The third-order valence-corrected chi connectivity index (χ3v) is 4.01. The van der Waals surface area contributed by atoms with Crippen LogP contribution in [0, 0.1) is 0 Å². The molecular weight excluding hydrogens is 302 g/mol. The minimum atomic E-state index is 0.601. The lowest BCUT2D eigenvalue weighted by molar-refractivity contribution is 0.379. The fourth-order valence-corrected chi connectivity index (χ4v) is 2.71. The van der Waals surface area contributed by atoms with E-state index >= 15 is 0 Å². The van der Waals surface area contributed by atoms with Crippen LogP contribution in [-0.4, -0.2) is 25.1 Å². The molecule has 0 aliphatic heterocycles. The number of benzene rings is 2. The van der Waals surface area contributed by atoms with Crippen molar-refractivity contribution in [2.75, 3.05) is 0 Å². The van der Waals surface area contributed by atoms with Crippen LogP contribution in [-0.2, 0) is 19.4 Å². The molecule has 4 aromatic rings. The number of hydrogen-bond acceptors (Lipinski definition) is 5. The van der Waals surface area contributed by atoms with E-state index in [2.05, 4.69) is 32.6 Å². The van der Waals surface area contributed by atoms with E-state index in [1.807, 2.05) is 48.0 Å². The Hall–Kier alpha value is -3.02. The lowest BCUT2D eigenvalue weighted by atomic mass is 10.1. The average molecular weight is 319 g/mol. The van der Waals surface area contributed by atoms with Crippen LogP contribution in [0.3, 0.4) is 0 Å². The number of fused-ring (bicyclic) bond motifs is 1. The average Bonchev–Trinajstić information content (AvgIpc) is 3.27. The van der Waals surface area contributed by atoms with Crippen molar-refractivity contribution in [3.8, 4) is 11.4 Å². The zero-order valence-corrected chi connectivity index (χ0v) is 13.4. The summed E-state index contributed by atoms with van der Waals surface area (Å²) in [6, 6.07) is 16.2. The molecule has 6 heteroatoms. The van der Waals surface area contributed by atoms with Gasteiger partial charge < -0.3 is 4.52 Å². The summed E-state index contributed by atoms with van der Waals surface area (Å²) >= 11 is 0. The number of hydrogen-bond donors (Lipinski definition) is 0. The van der Waals surface area contributed by atoms with E-state index in [1.165, 1.54) is 5.56 Å². The Bertz CT molecular complexity index is 958. The Balaban J connectivity index is 1.56. The summed E-state index contributed by atoms with van der Waals surface area (Å²) in [5.41, 5.74) is 4.02. The van der Waals surface area contributed by atoms with E-state index in [-0.39, 0.29) is 0 Å². The van der Waals surface area contributed by atoms with Gasteiger partial charge in [0.2, 0.25) is 11.7 Å². The van der Waals surface area contributed by atoms with Crippen LogP contribution in [0.5, 0.6) is 0 Å². The molecule has 4 rings (SSSR count).